The monoisotopic (exact) mass is 463 g/mol. The molecule has 34 heavy (non-hydrogen) atoms. The van der Waals surface area contributed by atoms with Gasteiger partial charge in [0.15, 0.2) is 0 Å². The van der Waals surface area contributed by atoms with Gasteiger partial charge in [0.25, 0.3) is 5.91 Å². The second-order valence-corrected chi connectivity index (χ2v) is 8.86. The summed E-state index contributed by atoms with van der Waals surface area (Å²) in [5.41, 5.74) is 5.22. The molecule has 7 nitrogen and oxygen atoms in total. The Balaban J connectivity index is 1.81. The van der Waals surface area contributed by atoms with Crippen LogP contribution in [0.15, 0.2) is 36.4 Å². The van der Waals surface area contributed by atoms with Crippen LogP contribution in [-0.4, -0.2) is 53.0 Å². The van der Waals surface area contributed by atoms with Crippen LogP contribution in [0.3, 0.4) is 0 Å². The van der Waals surface area contributed by atoms with Crippen molar-refractivity contribution in [3.05, 3.63) is 64.3 Å². The number of benzene rings is 2. The molecule has 7 heteroatoms. The highest BCUT2D eigenvalue weighted by molar-refractivity contribution is 6.00. The second kappa shape index (κ2) is 10.3. The van der Waals surface area contributed by atoms with E-state index in [1.165, 1.54) is 0 Å². The number of rotatable bonds is 10. The number of aromatic amines is 1. The van der Waals surface area contributed by atoms with Crippen molar-refractivity contribution >= 4 is 5.91 Å². The van der Waals surface area contributed by atoms with Gasteiger partial charge < -0.3 is 19.5 Å². The molecule has 2 N–H and O–H groups in total. The third-order valence-corrected chi connectivity index (χ3v) is 6.25. The maximum Gasteiger partial charge on any atom is 0.273 e. The first-order valence-corrected chi connectivity index (χ1v) is 11.9. The van der Waals surface area contributed by atoms with Crippen LogP contribution in [0, 0.1) is 13.8 Å². The van der Waals surface area contributed by atoms with Crippen LogP contribution in [-0.2, 0) is 4.74 Å². The van der Waals surface area contributed by atoms with E-state index in [0.717, 1.165) is 40.8 Å². The van der Waals surface area contributed by atoms with E-state index >= 15 is 0 Å². The van der Waals surface area contributed by atoms with Crippen molar-refractivity contribution in [2.75, 3.05) is 26.9 Å². The van der Waals surface area contributed by atoms with Crippen LogP contribution in [0.2, 0.25) is 0 Å². The summed E-state index contributed by atoms with van der Waals surface area (Å²) in [7, 11) is 1.66. The second-order valence-electron chi connectivity index (χ2n) is 8.86. The molecule has 1 aliphatic heterocycles. The Morgan fingerprint density at radius 1 is 1.15 bits per heavy atom. The molecule has 1 atom stereocenters. The molecular formula is C27H33N3O4. The van der Waals surface area contributed by atoms with Crippen molar-refractivity contribution in [1.29, 1.82) is 0 Å². The quantitative estimate of drug-likeness (QED) is 0.406. The number of H-pyrrole nitrogens is 1. The number of methoxy groups -OCH3 is 1. The van der Waals surface area contributed by atoms with E-state index in [-0.39, 0.29) is 17.7 Å². The summed E-state index contributed by atoms with van der Waals surface area (Å²) in [6.07, 6.45) is 2.76. The van der Waals surface area contributed by atoms with Gasteiger partial charge in [-0.25, -0.2) is 0 Å². The molecule has 1 unspecified atom stereocenters. The molecule has 0 fully saturated rings. The lowest BCUT2D eigenvalue weighted by atomic mass is 9.94. The topological polar surface area (TPSA) is 87.7 Å². The van der Waals surface area contributed by atoms with E-state index < -0.39 is 0 Å². The molecule has 1 aromatic heterocycles. The van der Waals surface area contributed by atoms with Gasteiger partial charge in [0.1, 0.15) is 22.9 Å². The molecule has 0 saturated heterocycles. The van der Waals surface area contributed by atoms with Gasteiger partial charge in [-0.15, -0.1) is 0 Å². The number of fused-ring (bicyclic) bond motifs is 1. The Bertz CT molecular complexity index is 1170. The fraction of sp³-hybridized carbons (Fsp3) is 0.407. The summed E-state index contributed by atoms with van der Waals surface area (Å²) in [5.74, 6) is 0.861. The molecule has 0 saturated carbocycles. The number of amides is 1. The van der Waals surface area contributed by atoms with Gasteiger partial charge in [0, 0.05) is 31.4 Å². The minimum atomic E-state index is -0.344. The van der Waals surface area contributed by atoms with Gasteiger partial charge >= 0.3 is 0 Å². The number of ether oxygens (including phenoxy) is 2. The summed E-state index contributed by atoms with van der Waals surface area (Å²) in [6.45, 7) is 7.74. The largest absolute Gasteiger partial charge is 0.507 e. The number of hydrogen-bond acceptors (Lipinski definition) is 5. The number of unbranched alkanes of at least 4 members (excludes halogenated alkanes) is 1. The molecule has 2 heterocycles. The Morgan fingerprint density at radius 3 is 2.74 bits per heavy atom. The normalized spacial score (nSPS) is 15.1. The van der Waals surface area contributed by atoms with Gasteiger partial charge in [-0.3, -0.25) is 9.89 Å². The minimum Gasteiger partial charge on any atom is -0.507 e. The van der Waals surface area contributed by atoms with E-state index in [9.17, 15) is 9.90 Å². The smallest absolute Gasteiger partial charge is 0.273 e. The first-order chi connectivity index (χ1) is 16.5. The maximum absolute atomic E-state index is 13.5. The zero-order chi connectivity index (χ0) is 24.2. The predicted octanol–water partition coefficient (Wildman–Crippen LogP) is 5.16. The Kier molecular flexibility index (Phi) is 7.22. The summed E-state index contributed by atoms with van der Waals surface area (Å²) in [4.78, 5) is 15.3. The number of phenolic OH excluding ortho intramolecular Hbond substituents is 1. The average Bonchev–Trinajstić information content (AvgIpc) is 3.36. The Hall–Kier alpha value is -3.32. The van der Waals surface area contributed by atoms with Gasteiger partial charge in [-0.2, -0.15) is 5.10 Å². The lowest BCUT2D eigenvalue weighted by molar-refractivity contribution is 0.0723. The lowest BCUT2D eigenvalue weighted by Gasteiger charge is -2.27. The SMILES string of the molecule is CCCCOc1cccc(C2c3c(-c4cc(C)cc(C)c4O)n[nH]c3C(=O)N2CCCOC)c1. The van der Waals surface area contributed by atoms with Gasteiger partial charge in [-0.1, -0.05) is 31.5 Å². The highest BCUT2D eigenvalue weighted by Crippen LogP contribution is 2.45. The van der Waals surface area contributed by atoms with Gasteiger partial charge in [0.2, 0.25) is 0 Å². The Morgan fingerprint density at radius 2 is 1.97 bits per heavy atom. The van der Waals surface area contributed by atoms with Crippen LogP contribution >= 0.6 is 0 Å². The Labute approximate surface area is 200 Å². The number of aryl methyl sites for hydroxylation is 2. The number of nitrogens with zero attached hydrogens (tertiary/aromatic N) is 2. The maximum atomic E-state index is 13.5. The number of carbonyl (C=O) groups excluding carboxylic acids is 1. The molecule has 0 radical (unpaired) electrons. The minimum absolute atomic E-state index is 0.101. The average molecular weight is 464 g/mol. The van der Waals surface area contributed by atoms with Crippen molar-refractivity contribution in [1.82, 2.24) is 15.1 Å². The van der Waals surface area contributed by atoms with Crippen molar-refractivity contribution in [3.8, 4) is 22.8 Å². The van der Waals surface area contributed by atoms with Crippen molar-refractivity contribution in [3.63, 3.8) is 0 Å². The highest BCUT2D eigenvalue weighted by atomic mass is 16.5. The van der Waals surface area contributed by atoms with E-state index in [2.05, 4.69) is 17.1 Å². The van der Waals surface area contributed by atoms with Crippen LogP contribution < -0.4 is 4.74 Å². The molecule has 0 aliphatic carbocycles. The molecule has 1 aliphatic rings. The van der Waals surface area contributed by atoms with Gasteiger partial charge in [-0.05, 0) is 61.6 Å². The molecule has 0 bridgehead atoms. The number of aromatic nitrogens is 2. The van der Waals surface area contributed by atoms with Crippen LogP contribution in [0.4, 0.5) is 0 Å². The molecular weight excluding hydrogens is 430 g/mol. The fourth-order valence-electron chi connectivity index (χ4n) is 4.61. The van der Waals surface area contributed by atoms with Crippen LogP contribution in [0.1, 0.15) is 65.0 Å². The first kappa shape index (κ1) is 23.8. The van der Waals surface area contributed by atoms with Crippen molar-refractivity contribution in [2.24, 2.45) is 0 Å². The van der Waals surface area contributed by atoms with Crippen molar-refractivity contribution in [2.45, 2.75) is 46.1 Å². The molecule has 4 rings (SSSR count). The summed E-state index contributed by atoms with van der Waals surface area (Å²) >= 11 is 0. The highest BCUT2D eigenvalue weighted by Gasteiger charge is 2.42. The number of phenols is 1. The number of hydrogen-bond donors (Lipinski definition) is 2. The standard InChI is InChI=1S/C27H33N3O4/c1-5-6-13-34-20-10-7-9-19(16-20)25-22-23(21-15-17(2)14-18(3)26(21)31)28-29-24(22)27(32)30(25)11-8-12-33-4/h7,9-10,14-16,25,31H,5-6,8,11-13H2,1-4H3,(H,28,29). The van der Waals surface area contributed by atoms with E-state index in [0.29, 0.717) is 43.1 Å². The zero-order valence-electron chi connectivity index (χ0n) is 20.4. The molecule has 2 aromatic carbocycles. The summed E-state index contributed by atoms with van der Waals surface area (Å²) < 4.78 is 11.2. The fourth-order valence-corrected chi connectivity index (χ4v) is 4.61. The van der Waals surface area contributed by atoms with E-state index in [4.69, 9.17) is 9.47 Å². The van der Waals surface area contributed by atoms with E-state index in [1.807, 2.05) is 55.1 Å². The summed E-state index contributed by atoms with van der Waals surface area (Å²) in [6, 6.07) is 11.4. The van der Waals surface area contributed by atoms with Crippen LogP contribution in [0.5, 0.6) is 11.5 Å². The number of carbonyl (C=O) groups is 1. The number of nitrogens with one attached hydrogen (secondary N) is 1. The molecule has 180 valence electrons. The van der Waals surface area contributed by atoms with Gasteiger partial charge in [0.05, 0.1) is 12.6 Å². The third kappa shape index (κ3) is 4.53. The number of aromatic hydroxyl groups is 1. The van der Waals surface area contributed by atoms with Crippen LogP contribution in [0.25, 0.3) is 11.3 Å². The third-order valence-electron chi connectivity index (χ3n) is 6.25. The van der Waals surface area contributed by atoms with Crippen molar-refractivity contribution < 1.29 is 19.4 Å². The predicted molar refractivity (Wildman–Crippen MR) is 131 cm³/mol. The lowest BCUT2D eigenvalue weighted by Crippen LogP contribution is -2.31. The molecule has 0 spiro atoms. The van der Waals surface area contributed by atoms with E-state index in [1.54, 1.807) is 7.11 Å². The summed E-state index contributed by atoms with van der Waals surface area (Å²) in [5, 5.41) is 18.3. The molecule has 1 amide bonds. The zero-order valence-corrected chi connectivity index (χ0v) is 20.4. The first-order valence-electron chi connectivity index (χ1n) is 11.9. The molecule has 3 aromatic rings.